The van der Waals surface area contributed by atoms with Gasteiger partial charge >= 0.3 is 0 Å². The van der Waals surface area contributed by atoms with E-state index in [9.17, 15) is 0 Å². The molecule has 0 aliphatic carbocycles. The van der Waals surface area contributed by atoms with Crippen LogP contribution in [0.15, 0.2) is 168 Å². The van der Waals surface area contributed by atoms with Crippen molar-refractivity contribution in [3.05, 3.63) is 164 Å². The third kappa shape index (κ3) is 4.65. The van der Waals surface area contributed by atoms with Crippen LogP contribution in [0, 0.1) is 0 Å². The van der Waals surface area contributed by atoms with E-state index in [1.807, 2.05) is 54.7 Å². The van der Waals surface area contributed by atoms with Crippen molar-refractivity contribution >= 4 is 43.7 Å². The first-order valence-electron chi connectivity index (χ1n) is 16.5. The van der Waals surface area contributed by atoms with Crippen molar-refractivity contribution in [3.63, 3.8) is 0 Å². The molecule has 0 spiro atoms. The van der Waals surface area contributed by atoms with Crippen molar-refractivity contribution in [2.75, 3.05) is 0 Å². The molecule has 0 fully saturated rings. The van der Waals surface area contributed by atoms with Gasteiger partial charge in [-0.25, -0.2) is 15.0 Å². The normalized spacial score (nSPS) is 11.6. The molecule has 6 heteroatoms. The average molecular weight is 642 g/mol. The van der Waals surface area contributed by atoms with Crippen molar-refractivity contribution < 1.29 is 4.42 Å². The predicted octanol–water partition coefficient (Wildman–Crippen LogP) is 10.9. The molecule has 0 atom stereocenters. The maximum Gasteiger partial charge on any atom is 0.164 e. The van der Waals surface area contributed by atoms with Gasteiger partial charge in [-0.1, -0.05) is 97.1 Å². The third-order valence-electron chi connectivity index (χ3n) is 9.36. The molecule has 6 nitrogen and oxygen atoms in total. The fraction of sp³-hybridized carbons (Fsp3) is 0. The summed E-state index contributed by atoms with van der Waals surface area (Å²) in [6.45, 7) is 0. The minimum absolute atomic E-state index is 0.593. The summed E-state index contributed by atoms with van der Waals surface area (Å²) in [6.07, 6.45) is 3.57. The van der Waals surface area contributed by atoms with Crippen LogP contribution in [0.1, 0.15) is 0 Å². The zero-order valence-electron chi connectivity index (χ0n) is 26.7. The molecule has 10 aromatic rings. The van der Waals surface area contributed by atoms with Crippen LogP contribution >= 0.6 is 0 Å². The Morgan fingerprint density at radius 1 is 0.400 bits per heavy atom. The van der Waals surface area contributed by atoms with E-state index < -0.39 is 0 Å². The van der Waals surface area contributed by atoms with Crippen LogP contribution in [0.3, 0.4) is 0 Å². The first kappa shape index (κ1) is 28.1. The highest BCUT2D eigenvalue weighted by molar-refractivity contribution is 6.09. The molecule has 0 bridgehead atoms. The Balaban J connectivity index is 1.06. The SMILES string of the molecule is c1ccc(-c2nc(-c3cccc(-c4ccc(-n5c6ccccc6c6ccccc65)cc4)c3)nc(-c3ccc4oc5ccncc5c4c3)n2)cc1. The monoisotopic (exact) mass is 641 g/mol. The second-order valence-corrected chi connectivity index (χ2v) is 12.4. The minimum Gasteiger partial charge on any atom is -0.456 e. The van der Waals surface area contributed by atoms with Gasteiger partial charge in [-0.05, 0) is 65.7 Å². The molecule has 0 aliphatic heterocycles. The standard InChI is InChI=1S/C44H27N5O/c1-2-9-29(10-3-1)42-46-43(48-44(47-42)32-19-22-40-36(26-32)37-27-45-24-23-41(37)50-40)31-12-8-11-30(25-31)28-17-20-33(21-18-28)49-38-15-6-4-13-34(38)35-14-5-7-16-39(35)49/h1-27H. The Bertz CT molecular complexity index is 2820. The number of benzene rings is 6. The lowest BCUT2D eigenvalue weighted by Crippen LogP contribution is -2.00. The summed E-state index contributed by atoms with van der Waals surface area (Å²) < 4.78 is 8.39. The Morgan fingerprint density at radius 3 is 1.72 bits per heavy atom. The molecule has 10 rings (SSSR count). The van der Waals surface area contributed by atoms with Gasteiger partial charge in [0.05, 0.1) is 11.0 Å². The van der Waals surface area contributed by atoms with Gasteiger partial charge in [-0.15, -0.1) is 0 Å². The molecule has 0 unspecified atom stereocenters. The highest BCUT2D eigenvalue weighted by Crippen LogP contribution is 2.35. The summed E-state index contributed by atoms with van der Waals surface area (Å²) >= 11 is 0. The fourth-order valence-electron chi connectivity index (χ4n) is 6.95. The van der Waals surface area contributed by atoms with Crippen LogP contribution < -0.4 is 0 Å². The molecule has 0 radical (unpaired) electrons. The van der Waals surface area contributed by atoms with Crippen molar-refractivity contribution in [1.29, 1.82) is 0 Å². The lowest BCUT2D eigenvalue weighted by atomic mass is 10.0. The number of para-hydroxylation sites is 2. The van der Waals surface area contributed by atoms with Crippen LogP contribution in [0.25, 0.3) is 94.7 Å². The van der Waals surface area contributed by atoms with Crippen LogP contribution in [-0.2, 0) is 0 Å². The Kier molecular flexibility index (Phi) is 6.39. The summed E-state index contributed by atoms with van der Waals surface area (Å²) in [5, 5.41) is 4.43. The summed E-state index contributed by atoms with van der Waals surface area (Å²) in [4.78, 5) is 19.3. The fourth-order valence-corrected chi connectivity index (χ4v) is 6.95. The van der Waals surface area contributed by atoms with Gasteiger partial charge in [-0.3, -0.25) is 4.98 Å². The van der Waals surface area contributed by atoms with Gasteiger partial charge in [0.1, 0.15) is 11.2 Å². The molecule has 0 saturated heterocycles. The molecule has 4 heterocycles. The topological polar surface area (TPSA) is 69.6 Å². The summed E-state index contributed by atoms with van der Waals surface area (Å²) in [5.41, 5.74) is 10.0. The molecular formula is C44H27N5O. The molecule has 0 aliphatic rings. The summed E-state index contributed by atoms with van der Waals surface area (Å²) in [5.74, 6) is 1.82. The van der Waals surface area contributed by atoms with Crippen LogP contribution in [0.4, 0.5) is 0 Å². The van der Waals surface area contributed by atoms with E-state index >= 15 is 0 Å². The molecule has 0 N–H and O–H groups in total. The lowest BCUT2D eigenvalue weighted by Gasteiger charge is -2.11. The number of hydrogen-bond donors (Lipinski definition) is 0. The van der Waals surface area contributed by atoms with E-state index in [0.29, 0.717) is 17.5 Å². The first-order valence-corrected chi connectivity index (χ1v) is 16.5. The van der Waals surface area contributed by atoms with Crippen LogP contribution in [-0.4, -0.2) is 24.5 Å². The van der Waals surface area contributed by atoms with Crippen LogP contribution in [0.2, 0.25) is 0 Å². The van der Waals surface area contributed by atoms with Gasteiger partial charge in [-0.2, -0.15) is 0 Å². The van der Waals surface area contributed by atoms with Gasteiger partial charge in [0.25, 0.3) is 0 Å². The van der Waals surface area contributed by atoms with E-state index in [-0.39, 0.29) is 0 Å². The molecule has 0 saturated carbocycles. The van der Waals surface area contributed by atoms with E-state index in [1.165, 1.54) is 21.8 Å². The zero-order chi connectivity index (χ0) is 33.0. The number of furan rings is 1. The second kappa shape index (κ2) is 11.4. The smallest absolute Gasteiger partial charge is 0.164 e. The summed E-state index contributed by atoms with van der Waals surface area (Å²) in [7, 11) is 0. The Hall–Kier alpha value is -6.92. The summed E-state index contributed by atoms with van der Waals surface area (Å²) in [6, 6.07) is 52.3. The van der Waals surface area contributed by atoms with Gasteiger partial charge in [0.15, 0.2) is 17.5 Å². The van der Waals surface area contributed by atoms with Gasteiger partial charge in [0.2, 0.25) is 0 Å². The molecule has 6 aromatic carbocycles. The number of pyridine rings is 1. The van der Waals surface area contributed by atoms with E-state index in [1.54, 1.807) is 6.20 Å². The number of hydrogen-bond acceptors (Lipinski definition) is 5. The van der Waals surface area contributed by atoms with E-state index in [0.717, 1.165) is 55.4 Å². The van der Waals surface area contributed by atoms with E-state index in [2.05, 4.69) is 113 Å². The number of rotatable bonds is 5. The molecular weight excluding hydrogens is 615 g/mol. The Labute approximate surface area is 287 Å². The maximum atomic E-state index is 6.06. The van der Waals surface area contributed by atoms with Gasteiger partial charge in [0, 0.05) is 56.3 Å². The Morgan fingerprint density at radius 2 is 0.980 bits per heavy atom. The average Bonchev–Trinajstić information content (AvgIpc) is 3.74. The quantitative estimate of drug-likeness (QED) is 0.187. The molecule has 234 valence electrons. The third-order valence-corrected chi connectivity index (χ3v) is 9.36. The zero-order valence-corrected chi connectivity index (χ0v) is 26.7. The first-order chi connectivity index (χ1) is 24.8. The highest BCUT2D eigenvalue weighted by Gasteiger charge is 2.16. The number of nitrogens with zero attached hydrogens (tertiary/aromatic N) is 5. The molecule has 50 heavy (non-hydrogen) atoms. The maximum absolute atomic E-state index is 6.06. The molecule has 4 aromatic heterocycles. The van der Waals surface area contributed by atoms with Crippen molar-refractivity contribution in [2.45, 2.75) is 0 Å². The lowest BCUT2D eigenvalue weighted by molar-refractivity contribution is 0.668. The highest BCUT2D eigenvalue weighted by atomic mass is 16.3. The largest absolute Gasteiger partial charge is 0.456 e. The predicted molar refractivity (Wildman–Crippen MR) is 201 cm³/mol. The van der Waals surface area contributed by atoms with Crippen molar-refractivity contribution in [3.8, 4) is 51.0 Å². The van der Waals surface area contributed by atoms with Crippen LogP contribution in [0.5, 0.6) is 0 Å². The van der Waals surface area contributed by atoms with E-state index in [4.69, 9.17) is 19.4 Å². The van der Waals surface area contributed by atoms with Gasteiger partial charge < -0.3 is 8.98 Å². The molecule has 0 amide bonds. The number of fused-ring (bicyclic) bond motifs is 6. The number of aromatic nitrogens is 5. The second-order valence-electron chi connectivity index (χ2n) is 12.4. The van der Waals surface area contributed by atoms with Crippen molar-refractivity contribution in [1.82, 2.24) is 24.5 Å². The van der Waals surface area contributed by atoms with Crippen molar-refractivity contribution in [2.24, 2.45) is 0 Å². The minimum atomic E-state index is 0.593.